The van der Waals surface area contributed by atoms with Crippen LogP contribution in [0.15, 0.2) is 54.6 Å². The molecule has 0 bridgehead atoms. The average molecular weight is 377 g/mol. The predicted octanol–water partition coefficient (Wildman–Crippen LogP) is 5.12. The van der Waals surface area contributed by atoms with E-state index in [4.69, 9.17) is 9.72 Å². The minimum Gasteiger partial charge on any atom is -0.492 e. The zero-order chi connectivity index (χ0) is 19.9. The lowest BCUT2D eigenvalue weighted by atomic mass is 10.1. The molecular formula is C23H27N3O2. The molecule has 3 aromatic rings. The number of fused-ring (bicyclic) bond motifs is 1. The maximum Gasteiger partial charge on any atom is 0.260 e. The molecule has 0 saturated carbocycles. The highest BCUT2D eigenvalue weighted by Gasteiger charge is 2.26. The summed E-state index contributed by atoms with van der Waals surface area (Å²) in [5.74, 6) is 1.10. The van der Waals surface area contributed by atoms with E-state index in [1.54, 1.807) is 7.11 Å². The summed E-state index contributed by atoms with van der Waals surface area (Å²) < 4.78 is 5.69. The SMILES string of the molecule is CC.COc1c(N2CCCC2)nc2ccccc2c1C(=O)Nc1ccccc1. The Morgan fingerprint density at radius 3 is 2.32 bits per heavy atom. The molecule has 1 aliphatic heterocycles. The number of hydrogen-bond donors (Lipinski definition) is 1. The Hall–Kier alpha value is -3.08. The van der Waals surface area contributed by atoms with Crippen molar-refractivity contribution >= 4 is 28.3 Å². The molecule has 1 amide bonds. The Bertz CT molecular complexity index is 935. The number of carbonyl (C=O) groups is 1. The number of rotatable bonds is 4. The number of aromatic nitrogens is 1. The summed E-state index contributed by atoms with van der Waals surface area (Å²) >= 11 is 0. The zero-order valence-corrected chi connectivity index (χ0v) is 16.7. The summed E-state index contributed by atoms with van der Waals surface area (Å²) in [4.78, 5) is 20.1. The maximum absolute atomic E-state index is 13.1. The van der Waals surface area contributed by atoms with Gasteiger partial charge >= 0.3 is 0 Å². The average Bonchev–Trinajstić information content (AvgIpc) is 3.29. The van der Waals surface area contributed by atoms with Crippen molar-refractivity contribution < 1.29 is 9.53 Å². The number of ether oxygens (including phenoxy) is 1. The molecule has 0 unspecified atom stereocenters. The molecule has 4 rings (SSSR count). The quantitative estimate of drug-likeness (QED) is 0.685. The van der Waals surface area contributed by atoms with Gasteiger partial charge in [0.2, 0.25) is 0 Å². The van der Waals surface area contributed by atoms with Crippen molar-refractivity contribution in [2.24, 2.45) is 0 Å². The van der Waals surface area contributed by atoms with Crippen LogP contribution < -0.4 is 15.0 Å². The Kier molecular flexibility index (Phi) is 6.48. The lowest BCUT2D eigenvalue weighted by Gasteiger charge is -2.22. The van der Waals surface area contributed by atoms with Crippen LogP contribution >= 0.6 is 0 Å². The minimum absolute atomic E-state index is 0.188. The van der Waals surface area contributed by atoms with Crippen molar-refractivity contribution in [1.29, 1.82) is 0 Å². The van der Waals surface area contributed by atoms with E-state index in [9.17, 15) is 4.79 Å². The largest absolute Gasteiger partial charge is 0.492 e. The number of nitrogens with one attached hydrogen (secondary N) is 1. The second-order valence-electron chi connectivity index (χ2n) is 6.38. The summed E-state index contributed by atoms with van der Waals surface area (Å²) in [5, 5.41) is 3.77. The highest BCUT2D eigenvalue weighted by Crippen LogP contribution is 2.37. The number of anilines is 2. The van der Waals surface area contributed by atoms with Crippen molar-refractivity contribution in [3.63, 3.8) is 0 Å². The Balaban J connectivity index is 0.00000109. The molecule has 0 aliphatic carbocycles. The van der Waals surface area contributed by atoms with Gasteiger partial charge in [-0.05, 0) is 31.0 Å². The standard InChI is InChI=1S/C21H21N3O2.C2H6/c1-26-19-18(21(25)22-15-9-3-2-4-10-15)16-11-5-6-12-17(16)23-20(19)24-13-7-8-14-24;1-2/h2-6,9-12H,7-8,13-14H2,1H3,(H,22,25);1-2H3. The summed E-state index contributed by atoms with van der Waals surface area (Å²) in [6.45, 7) is 5.86. The van der Waals surface area contributed by atoms with Crippen LogP contribution in [0.4, 0.5) is 11.5 Å². The van der Waals surface area contributed by atoms with Crippen molar-refractivity contribution in [1.82, 2.24) is 4.98 Å². The number of hydrogen-bond acceptors (Lipinski definition) is 4. The van der Waals surface area contributed by atoms with Gasteiger partial charge < -0.3 is 15.0 Å². The van der Waals surface area contributed by atoms with Crippen LogP contribution in [0.25, 0.3) is 10.9 Å². The fourth-order valence-electron chi connectivity index (χ4n) is 3.46. The van der Waals surface area contributed by atoms with E-state index < -0.39 is 0 Å². The molecular weight excluding hydrogens is 350 g/mol. The molecule has 0 spiro atoms. The summed E-state index contributed by atoms with van der Waals surface area (Å²) in [7, 11) is 1.60. The molecule has 1 fully saturated rings. The molecule has 5 heteroatoms. The van der Waals surface area contributed by atoms with Crippen LogP contribution in [0.5, 0.6) is 5.75 Å². The first kappa shape index (κ1) is 19.7. The first-order chi connectivity index (χ1) is 13.8. The predicted molar refractivity (Wildman–Crippen MR) is 115 cm³/mol. The number of nitrogens with zero attached hydrogens (tertiary/aromatic N) is 2. The molecule has 2 aromatic carbocycles. The molecule has 1 saturated heterocycles. The molecule has 5 nitrogen and oxygen atoms in total. The van der Waals surface area contributed by atoms with Gasteiger partial charge in [0.25, 0.3) is 5.91 Å². The third-order valence-electron chi connectivity index (χ3n) is 4.70. The van der Waals surface area contributed by atoms with Gasteiger partial charge in [0.15, 0.2) is 11.6 Å². The topological polar surface area (TPSA) is 54.5 Å². The van der Waals surface area contributed by atoms with Crippen LogP contribution in [0.2, 0.25) is 0 Å². The molecule has 0 radical (unpaired) electrons. The number of pyridine rings is 1. The zero-order valence-electron chi connectivity index (χ0n) is 16.7. The second-order valence-corrected chi connectivity index (χ2v) is 6.38. The summed E-state index contributed by atoms with van der Waals surface area (Å²) in [6, 6.07) is 17.2. The molecule has 28 heavy (non-hydrogen) atoms. The Morgan fingerprint density at radius 2 is 1.64 bits per heavy atom. The first-order valence-corrected chi connectivity index (χ1v) is 9.86. The van der Waals surface area contributed by atoms with Crippen LogP contribution in [0.3, 0.4) is 0 Å². The molecule has 1 aromatic heterocycles. The fraction of sp³-hybridized carbons (Fsp3) is 0.304. The minimum atomic E-state index is -0.188. The van der Waals surface area contributed by atoms with Gasteiger partial charge in [-0.2, -0.15) is 0 Å². The molecule has 1 N–H and O–H groups in total. The van der Waals surface area contributed by atoms with Gasteiger partial charge in [-0.15, -0.1) is 0 Å². The monoisotopic (exact) mass is 377 g/mol. The molecule has 146 valence electrons. The number of benzene rings is 2. The number of para-hydroxylation sites is 2. The van der Waals surface area contributed by atoms with Crippen LogP contribution in [-0.4, -0.2) is 31.1 Å². The van der Waals surface area contributed by atoms with Gasteiger partial charge in [-0.1, -0.05) is 50.2 Å². The van der Waals surface area contributed by atoms with E-state index in [-0.39, 0.29) is 5.91 Å². The van der Waals surface area contributed by atoms with Gasteiger partial charge in [-0.25, -0.2) is 4.98 Å². The van der Waals surface area contributed by atoms with E-state index >= 15 is 0 Å². The van der Waals surface area contributed by atoms with Crippen molar-refractivity contribution in [3.8, 4) is 5.75 Å². The summed E-state index contributed by atoms with van der Waals surface area (Å²) in [6.07, 6.45) is 2.26. The highest BCUT2D eigenvalue weighted by atomic mass is 16.5. The van der Waals surface area contributed by atoms with Gasteiger partial charge in [-0.3, -0.25) is 4.79 Å². The number of methoxy groups -OCH3 is 1. The third-order valence-corrected chi connectivity index (χ3v) is 4.70. The fourth-order valence-corrected chi connectivity index (χ4v) is 3.46. The first-order valence-electron chi connectivity index (χ1n) is 9.86. The van der Waals surface area contributed by atoms with E-state index in [1.807, 2.05) is 68.4 Å². The Labute approximate surface area is 166 Å². The van der Waals surface area contributed by atoms with Crippen molar-refractivity contribution in [2.45, 2.75) is 26.7 Å². The van der Waals surface area contributed by atoms with Gasteiger partial charge in [0.05, 0.1) is 18.2 Å². The van der Waals surface area contributed by atoms with Crippen LogP contribution in [-0.2, 0) is 0 Å². The lowest BCUT2D eigenvalue weighted by molar-refractivity contribution is 0.102. The van der Waals surface area contributed by atoms with Crippen molar-refractivity contribution in [2.75, 3.05) is 30.4 Å². The normalized spacial score (nSPS) is 13.0. The number of carbonyl (C=O) groups excluding carboxylic acids is 1. The Morgan fingerprint density at radius 1 is 1.00 bits per heavy atom. The van der Waals surface area contributed by atoms with Gasteiger partial charge in [0.1, 0.15) is 0 Å². The van der Waals surface area contributed by atoms with Crippen molar-refractivity contribution in [3.05, 3.63) is 60.2 Å². The molecule has 0 atom stereocenters. The van der Waals surface area contributed by atoms with E-state index in [1.165, 1.54) is 0 Å². The highest BCUT2D eigenvalue weighted by molar-refractivity contribution is 6.15. The van der Waals surface area contributed by atoms with E-state index in [0.29, 0.717) is 11.3 Å². The summed E-state index contributed by atoms with van der Waals surface area (Å²) in [5.41, 5.74) is 2.08. The van der Waals surface area contributed by atoms with Crippen LogP contribution in [0, 0.1) is 0 Å². The second kappa shape index (κ2) is 9.22. The number of amides is 1. The van der Waals surface area contributed by atoms with Gasteiger partial charge in [0, 0.05) is 24.2 Å². The smallest absolute Gasteiger partial charge is 0.260 e. The van der Waals surface area contributed by atoms with E-state index in [0.717, 1.165) is 48.3 Å². The molecule has 1 aliphatic rings. The van der Waals surface area contributed by atoms with Crippen LogP contribution in [0.1, 0.15) is 37.0 Å². The third kappa shape index (κ3) is 3.93. The lowest BCUT2D eigenvalue weighted by Crippen LogP contribution is -2.22. The molecule has 2 heterocycles. The maximum atomic E-state index is 13.1. The van der Waals surface area contributed by atoms with E-state index in [2.05, 4.69) is 10.2 Å².